The van der Waals surface area contributed by atoms with Crippen LogP contribution in [0.15, 0.2) is 76.2 Å². The van der Waals surface area contributed by atoms with Gasteiger partial charge < -0.3 is 4.42 Å². The van der Waals surface area contributed by atoms with E-state index in [1.54, 1.807) is 19.1 Å². The van der Waals surface area contributed by atoms with Gasteiger partial charge in [-0.3, -0.25) is 4.79 Å². The maximum absolute atomic E-state index is 11.9. The molecule has 0 spiro atoms. The van der Waals surface area contributed by atoms with Crippen molar-refractivity contribution in [3.05, 3.63) is 83.8 Å². The maximum Gasteiger partial charge on any atom is 0.307 e. The number of nitrogens with one attached hydrogen (secondary N) is 1. The van der Waals surface area contributed by atoms with E-state index in [1.807, 2.05) is 49.4 Å². The van der Waals surface area contributed by atoms with Gasteiger partial charge >= 0.3 is 5.91 Å². The SMILES string of the molecule is C/C(=N\NC(=O)c1ccc(C)o1)c1ccc(-c2ccccc2)cc1. The fourth-order valence-electron chi connectivity index (χ4n) is 2.35. The third kappa shape index (κ3) is 3.60. The lowest BCUT2D eigenvalue weighted by molar-refractivity contribution is 0.0926. The van der Waals surface area contributed by atoms with Gasteiger partial charge in [0.05, 0.1) is 5.71 Å². The Labute approximate surface area is 140 Å². The molecule has 2 aromatic carbocycles. The van der Waals surface area contributed by atoms with E-state index in [9.17, 15) is 4.79 Å². The summed E-state index contributed by atoms with van der Waals surface area (Å²) in [6.45, 7) is 3.64. The molecule has 1 amide bonds. The fraction of sp³-hybridized carbons (Fsp3) is 0.100. The van der Waals surface area contributed by atoms with Crippen LogP contribution in [0.3, 0.4) is 0 Å². The van der Waals surface area contributed by atoms with Gasteiger partial charge in [-0.2, -0.15) is 5.10 Å². The summed E-state index contributed by atoms with van der Waals surface area (Å²) in [4.78, 5) is 11.9. The molecular formula is C20H18N2O2. The molecule has 1 heterocycles. The first kappa shape index (κ1) is 15.7. The molecule has 0 aliphatic carbocycles. The summed E-state index contributed by atoms with van der Waals surface area (Å²) < 4.78 is 5.27. The molecule has 0 radical (unpaired) electrons. The minimum Gasteiger partial charge on any atom is -0.456 e. The predicted octanol–water partition coefficient (Wildman–Crippen LogP) is 4.41. The van der Waals surface area contributed by atoms with Crippen LogP contribution >= 0.6 is 0 Å². The van der Waals surface area contributed by atoms with Gasteiger partial charge in [-0.1, -0.05) is 54.6 Å². The molecule has 0 bridgehead atoms. The van der Waals surface area contributed by atoms with E-state index in [1.165, 1.54) is 5.56 Å². The first-order chi connectivity index (χ1) is 11.6. The number of aryl methyl sites for hydroxylation is 1. The lowest BCUT2D eigenvalue weighted by Gasteiger charge is -2.05. The molecule has 4 nitrogen and oxygen atoms in total. The van der Waals surface area contributed by atoms with E-state index in [0.29, 0.717) is 5.76 Å². The summed E-state index contributed by atoms with van der Waals surface area (Å²) >= 11 is 0. The molecule has 0 aliphatic heterocycles. The molecule has 0 saturated carbocycles. The van der Waals surface area contributed by atoms with Crippen LogP contribution in [0.4, 0.5) is 0 Å². The van der Waals surface area contributed by atoms with Gasteiger partial charge in [-0.25, -0.2) is 5.43 Å². The molecule has 0 fully saturated rings. The summed E-state index contributed by atoms with van der Waals surface area (Å²) in [5, 5.41) is 4.14. The van der Waals surface area contributed by atoms with Gasteiger partial charge in [0.2, 0.25) is 0 Å². The van der Waals surface area contributed by atoms with Crippen molar-refractivity contribution in [2.75, 3.05) is 0 Å². The highest BCUT2D eigenvalue weighted by Crippen LogP contribution is 2.19. The van der Waals surface area contributed by atoms with Crippen LogP contribution in [0.5, 0.6) is 0 Å². The Hall–Kier alpha value is -3.14. The Bertz CT molecular complexity index is 862. The second kappa shape index (κ2) is 6.96. The first-order valence-corrected chi connectivity index (χ1v) is 7.70. The number of carbonyl (C=O) groups excluding carboxylic acids is 1. The van der Waals surface area contributed by atoms with Crippen LogP contribution in [0.2, 0.25) is 0 Å². The van der Waals surface area contributed by atoms with Crippen molar-refractivity contribution in [1.82, 2.24) is 5.43 Å². The average molecular weight is 318 g/mol. The van der Waals surface area contributed by atoms with Crippen molar-refractivity contribution in [1.29, 1.82) is 0 Å². The third-order valence-corrected chi connectivity index (χ3v) is 3.70. The molecule has 3 rings (SSSR count). The maximum atomic E-state index is 11.9. The molecule has 3 aromatic rings. The smallest absolute Gasteiger partial charge is 0.307 e. The van der Waals surface area contributed by atoms with Crippen molar-refractivity contribution in [3.63, 3.8) is 0 Å². The van der Waals surface area contributed by atoms with Crippen molar-refractivity contribution in [2.24, 2.45) is 5.10 Å². The van der Waals surface area contributed by atoms with Crippen LogP contribution in [-0.2, 0) is 0 Å². The summed E-state index contributed by atoms with van der Waals surface area (Å²) in [7, 11) is 0. The molecule has 0 atom stereocenters. The number of hydrazone groups is 1. The zero-order valence-electron chi connectivity index (χ0n) is 13.6. The Morgan fingerprint density at radius 1 is 0.917 bits per heavy atom. The Kier molecular flexibility index (Phi) is 4.57. The number of rotatable bonds is 4. The Morgan fingerprint density at radius 3 is 2.21 bits per heavy atom. The molecule has 1 N–H and O–H groups in total. The van der Waals surface area contributed by atoms with E-state index in [4.69, 9.17) is 4.42 Å². The molecule has 1 aromatic heterocycles. The molecule has 4 heteroatoms. The predicted molar refractivity (Wildman–Crippen MR) is 95.0 cm³/mol. The Balaban J connectivity index is 1.70. The van der Waals surface area contributed by atoms with Crippen LogP contribution < -0.4 is 5.43 Å². The van der Waals surface area contributed by atoms with Crippen molar-refractivity contribution in [2.45, 2.75) is 13.8 Å². The second-order valence-electron chi connectivity index (χ2n) is 5.49. The number of hydrogen-bond donors (Lipinski definition) is 1. The normalized spacial score (nSPS) is 11.3. The van der Waals surface area contributed by atoms with Crippen molar-refractivity contribution >= 4 is 11.6 Å². The van der Waals surface area contributed by atoms with E-state index in [2.05, 4.69) is 22.7 Å². The molecule has 0 saturated heterocycles. The number of carbonyl (C=O) groups is 1. The molecule has 0 unspecified atom stereocenters. The van der Waals surface area contributed by atoms with E-state index >= 15 is 0 Å². The van der Waals surface area contributed by atoms with E-state index < -0.39 is 0 Å². The average Bonchev–Trinajstić information content (AvgIpc) is 3.07. The Morgan fingerprint density at radius 2 is 1.58 bits per heavy atom. The van der Waals surface area contributed by atoms with E-state index in [0.717, 1.165) is 16.8 Å². The lowest BCUT2D eigenvalue weighted by Crippen LogP contribution is -2.18. The summed E-state index contributed by atoms with van der Waals surface area (Å²) in [5.41, 5.74) is 6.50. The highest BCUT2D eigenvalue weighted by atomic mass is 16.3. The number of nitrogens with zero attached hydrogens (tertiary/aromatic N) is 1. The van der Waals surface area contributed by atoms with Crippen LogP contribution in [0.1, 0.15) is 28.8 Å². The number of furan rings is 1. The molecular weight excluding hydrogens is 300 g/mol. The van der Waals surface area contributed by atoms with E-state index in [-0.39, 0.29) is 11.7 Å². The lowest BCUT2D eigenvalue weighted by atomic mass is 10.0. The van der Waals surface area contributed by atoms with Crippen molar-refractivity contribution in [3.8, 4) is 11.1 Å². The quantitative estimate of drug-likeness (QED) is 0.572. The minimum absolute atomic E-state index is 0.253. The second-order valence-corrected chi connectivity index (χ2v) is 5.49. The standard InChI is InChI=1S/C20H18N2O2/c1-14-8-13-19(24-14)20(23)22-21-15(2)16-9-11-18(12-10-16)17-6-4-3-5-7-17/h3-13H,1-2H3,(H,22,23)/b21-15+. The van der Waals surface area contributed by atoms with Crippen LogP contribution in [0, 0.1) is 6.92 Å². The topological polar surface area (TPSA) is 54.6 Å². The highest BCUT2D eigenvalue weighted by Gasteiger charge is 2.09. The fourth-order valence-corrected chi connectivity index (χ4v) is 2.35. The third-order valence-electron chi connectivity index (χ3n) is 3.70. The molecule has 0 aliphatic rings. The zero-order chi connectivity index (χ0) is 16.9. The van der Waals surface area contributed by atoms with Gasteiger partial charge in [-0.15, -0.1) is 0 Å². The van der Waals surface area contributed by atoms with Gasteiger partial charge in [0.1, 0.15) is 5.76 Å². The summed E-state index contributed by atoms with van der Waals surface area (Å²) in [5.74, 6) is 0.587. The molecule has 24 heavy (non-hydrogen) atoms. The van der Waals surface area contributed by atoms with Crippen molar-refractivity contribution < 1.29 is 9.21 Å². The number of amides is 1. The zero-order valence-corrected chi connectivity index (χ0v) is 13.6. The summed E-state index contributed by atoms with van der Waals surface area (Å²) in [6, 6.07) is 21.6. The van der Waals surface area contributed by atoms with Crippen LogP contribution in [0.25, 0.3) is 11.1 Å². The van der Waals surface area contributed by atoms with Crippen LogP contribution in [-0.4, -0.2) is 11.6 Å². The van der Waals surface area contributed by atoms with Gasteiger partial charge in [0.25, 0.3) is 0 Å². The minimum atomic E-state index is -0.358. The first-order valence-electron chi connectivity index (χ1n) is 7.70. The number of hydrogen-bond acceptors (Lipinski definition) is 3. The number of benzene rings is 2. The monoisotopic (exact) mass is 318 g/mol. The van der Waals surface area contributed by atoms with Gasteiger partial charge in [0, 0.05) is 0 Å². The summed E-state index contributed by atoms with van der Waals surface area (Å²) in [6.07, 6.45) is 0. The molecule has 120 valence electrons. The largest absolute Gasteiger partial charge is 0.456 e. The van der Waals surface area contributed by atoms with Gasteiger partial charge in [-0.05, 0) is 42.7 Å². The highest BCUT2D eigenvalue weighted by molar-refractivity contribution is 6.00. The van der Waals surface area contributed by atoms with Gasteiger partial charge in [0.15, 0.2) is 5.76 Å².